The van der Waals surface area contributed by atoms with Crippen LogP contribution in [0.2, 0.25) is 0 Å². The van der Waals surface area contributed by atoms with Gasteiger partial charge in [0.05, 0.1) is 13.2 Å². The number of ether oxygens (including phenoxy) is 1. The van der Waals surface area contributed by atoms with Crippen LogP contribution >= 0.6 is 15.9 Å². The average molecular weight is 320 g/mol. The Balaban J connectivity index is 2.39. The van der Waals surface area contributed by atoms with Gasteiger partial charge in [-0.2, -0.15) is 0 Å². The molecule has 0 heterocycles. The third-order valence-corrected chi connectivity index (χ3v) is 3.75. The molecule has 100 valence electrons. The molecule has 0 aliphatic carbocycles. The van der Waals surface area contributed by atoms with E-state index in [1.54, 1.807) is 7.11 Å². The van der Waals surface area contributed by atoms with Crippen LogP contribution in [-0.4, -0.2) is 13.7 Å². The number of nitrogens with one attached hydrogen (secondary N) is 1. The summed E-state index contributed by atoms with van der Waals surface area (Å²) in [6, 6.07) is 16.7. The highest BCUT2D eigenvalue weighted by atomic mass is 79.9. The van der Waals surface area contributed by atoms with Crippen LogP contribution < -0.4 is 10.1 Å². The highest BCUT2D eigenvalue weighted by molar-refractivity contribution is 9.10. The van der Waals surface area contributed by atoms with Crippen molar-refractivity contribution in [2.24, 2.45) is 0 Å². The Morgan fingerprint density at radius 1 is 1.16 bits per heavy atom. The lowest BCUT2D eigenvalue weighted by Gasteiger charge is -2.20. The Morgan fingerprint density at radius 2 is 1.89 bits per heavy atom. The average Bonchev–Trinajstić information content (AvgIpc) is 2.46. The molecular formula is C16H18BrNO. The van der Waals surface area contributed by atoms with Crippen LogP contribution in [-0.2, 0) is 0 Å². The summed E-state index contributed by atoms with van der Waals surface area (Å²) in [6.45, 7) is 3.03. The zero-order chi connectivity index (χ0) is 13.7. The van der Waals surface area contributed by atoms with E-state index in [4.69, 9.17) is 4.74 Å². The van der Waals surface area contributed by atoms with Crippen molar-refractivity contribution in [3.63, 3.8) is 0 Å². The number of hydrogen-bond donors (Lipinski definition) is 1. The fourth-order valence-corrected chi connectivity index (χ4v) is 2.71. The summed E-state index contributed by atoms with van der Waals surface area (Å²) in [5, 5.41) is 3.52. The minimum atomic E-state index is 0.187. The van der Waals surface area contributed by atoms with Crippen molar-refractivity contribution in [3.05, 3.63) is 64.1 Å². The Bertz CT molecular complexity index is 528. The maximum Gasteiger partial charge on any atom is 0.120 e. The van der Waals surface area contributed by atoms with Gasteiger partial charge in [-0.1, -0.05) is 59.3 Å². The van der Waals surface area contributed by atoms with Gasteiger partial charge in [-0.15, -0.1) is 0 Å². The molecule has 3 heteroatoms. The standard InChI is InChI=1S/C16H18BrNO/c1-3-18-16(12-7-5-4-6-8-12)14-10-9-13(19-2)11-15(14)17/h4-11,16,18H,3H2,1-2H3. The first-order chi connectivity index (χ1) is 9.26. The van der Waals surface area contributed by atoms with Crippen molar-refractivity contribution in [1.82, 2.24) is 5.32 Å². The Hall–Kier alpha value is -1.32. The van der Waals surface area contributed by atoms with Gasteiger partial charge in [0.15, 0.2) is 0 Å². The van der Waals surface area contributed by atoms with E-state index in [1.165, 1.54) is 11.1 Å². The molecule has 2 aromatic carbocycles. The van der Waals surface area contributed by atoms with Gasteiger partial charge in [0.1, 0.15) is 5.75 Å². The van der Waals surface area contributed by atoms with E-state index >= 15 is 0 Å². The third kappa shape index (κ3) is 3.37. The molecule has 19 heavy (non-hydrogen) atoms. The van der Waals surface area contributed by atoms with Crippen LogP contribution in [0.1, 0.15) is 24.1 Å². The van der Waals surface area contributed by atoms with E-state index in [9.17, 15) is 0 Å². The van der Waals surface area contributed by atoms with Crippen molar-refractivity contribution >= 4 is 15.9 Å². The van der Waals surface area contributed by atoms with Crippen molar-refractivity contribution in [3.8, 4) is 5.75 Å². The number of methoxy groups -OCH3 is 1. The third-order valence-electron chi connectivity index (χ3n) is 3.06. The van der Waals surface area contributed by atoms with Crippen LogP contribution in [0.3, 0.4) is 0 Å². The normalized spacial score (nSPS) is 12.2. The van der Waals surface area contributed by atoms with E-state index in [2.05, 4.69) is 58.5 Å². The second kappa shape index (κ2) is 6.73. The lowest BCUT2D eigenvalue weighted by molar-refractivity contribution is 0.414. The summed E-state index contributed by atoms with van der Waals surface area (Å²) >= 11 is 3.64. The highest BCUT2D eigenvalue weighted by Crippen LogP contribution is 2.31. The Morgan fingerprint density at radius 3 is 2.47 bits per heavy atom. The lowest BCUT2D eigenvalue weighted by Crippen LogP contribution is -2.22. The van der Waals surface area contributed by atoms with E-state index in [0.29, 0.717) is 0 Å². The molecule has 0 aromatic heterocycles. The van der Waals surface area contributed by atoms with Gasteiger partial charge in [0.25, 0.3) is 0 Å². The maximum absolute atomic E-state index is 5.25. The molecule has 0 fully saturated rings. The molecule has 2 aromatic rings. The first kappa shape index (κ1) is 14.1. The van der Waals surface area contributed by atoms with Gasteiger partial charge in [0, 0.05) is 4.47 Å². The minimum absolute atomic E-state index is 0.187. The summed E-state index contributed by atoms with van der Waals surface area (Å²) in [7, 11) is 1.68. The van der Waals surface area contributed by atoms with E-state index < -0.39 is 0 Å². The van der Waals surface area contributed by atoms with Crippen molar-refractivity contribution in [1.29, 1.82) is 0 Å². The van der Waals surface area contributed by atoms with Gasteiger partial charge < -0.3 is 10.1 Å². The van der Waals surface area contributed by atoms with Crippen LogP contribution in [0.25, 0.3) is 0 Å². The maximum atomic E-state index is 5.25. The smallest absolute Gasteiger partial charge is 0.120 e. The Kier molecular flexibility index (Phi) is 5.00. The minimum Gasteiger partial charge on any atom is -0.497 e. The zero-order valence-electron chi connectivity index (χ0n) is 11.2. The number of benzene rings is 2. The molecule has 0 saturated heterocycles. The van der Waals surface area contributed by atoms with Gasteiger partial charge >= 0.3 is 0 Å². The van der Waals surface area contributed by atoms with Crippen LogP contribution in [0.4, 0.5) is 0 Å². The Labute approximate surface area is 122 Å². The summed E-state index contributed by atoms with van der Waals surface area (Å²) < 4.78 is 6.30. The van der Waals surface area contributed by atoms with Crippen LogP contribution in [0, 0.1) is 0 Å². The lowest BCUT2D eigenvalue weighted by atomic mass is 9.98. The van der Waals surface area contributed by atoms with E-state index in [1.807, 2.05) is 18.2 Å². The second-order valence-corrected chi connectivity index (χ2v) is 5.14. The largest absolute Gasteiger partial charge is 0.497 e. The monoisotopic (exact) mass is 319 g/mol. The van der Waals surface area contributed by atoms with Crippen LogP contribution in [0.5, 0.6) is 5.75 Å². The fraction of sp³-hybridized carbons (Fsp3) is 0.250. The molecule has 2 rings (SSSR count). The number of hydrogen-bond acceptors (Lipinski definition) is 2. The van der Waals surface area contributed by atoms with Gasteiger partial charge in [0.2, 0.25) is 0 Å². The molecule has 0 saturated carbocycles. The molecule has 2 nitrogen and oxygen atoms in total. The van der Waals surface area contributed by atoms with E-state index in [-0.39, 0.29) is 6.04 Å². The van der Waals surface area contributed by atoms with Gasteiger partial charge in [-0.05, 0) is 29.8 Å². The SMILES string of the molecule is CCNC(c1ccccc1)c1ccc(OC)cc1Br. The second-order valence-electron chi connectivity index (χ2n) is 4.29. The van der Waals surface area contributed by atoms with Gasteiger partial charge in [-0.25, -0.2) is 0 Å². The molecule has 1 atom stereocenters. The topological polar surface area (TPSA) is 21.3 Å². The first-order valence-electron chi connectivity index (χ1n) is 6.38. The number of halogens is 1. The van der Waals surface area contributed by atoms with Crippen molar-refractivity contribution in [2.75, 3.05) is 13.7 Å². The molecule has 0 aliphatic heterocycles. The number of rotatable bonds is 5. The van der Waals surface area contributed by atoms with E-state index in [0.717, 1.165) is 16.8 Å². The van der Waals surface area contributed by atoms with Gasteiger partial charge in [-0.3, -0.25) is 0 Å². The summed E-state index contributed by atoms with van der Waals surface area (Å²) in [5.74, 6) is 0.860. The molecular weight excluding hydrogens is 302 g/mol. The fourth-order valence-electron chi connectivity index (χ4n) is 2.13. The predicted molar refractivity (Wildman–Crippen MR) is 82.7 cm³/mol. The molecule has 0 spiro atoms. The summed E-state index contributed by atoms with van der Waals surface area (Å²) in [5.41, 5.74) is 2.48. The summed E-state index contributed by atoms with van der Waals surface area (Å²) in [6.07, 6.45) is 0. The summed E-state index contributed by atoms with van der Waals surface area (Å²) in [4.78, 5) is 0. The molecule has 1 N–H and O–H groups in total. The van der Waals surface area contributed by atoms with Crippen molar-refractivity contribution in [2.45, 2.75) is 13.0 Å². The zero-order valence-corrected chi connectivity index (χ0v) is 12.8. The molecule has 1 unspecified atom stereocenters. The highest BCUT2D eigenvalue weighted by Gasteiger charge is 2.15. The molecule has 0 bridgehead atoms. The first-order valence-corrected chi connectivity index (χ1v) is 7.17. The van der Waals surface area contributed by atoms with Crippen LogP contribution in [0.15, 0.2) is 53.0 Å². The molecule has 0 amide bonds. The molecule has 0 aliphatic rings. The molecule has 0 radical (unpaired) electrons. The predicted octanol–water partition coefficient (Wildman–Crippen LogP) is 4.16. The quantitative estimate of drug-likeness (QED) is 0.893. The van der Waals surface area contributed by atoms with Crippen molar-refractivity contribution < 1.29 is 4.74 Å².